The third kappa shape index (κ3) is 4.57. The number of benzene rings is 3. The second-order valence-corrected chi connectivity index (χ2v) is 9.78. The summed E-state index contributed by atoms with van der Waals surface area (Å²) in [6.07, 6.45) is 3.35. The Hall–Kier alpha value is -4.13. The van der Waals surface area contributed by atoms with Crippen molar-refractivity contribution < 1.29 is 4.79 Å². The molecule has 2 aliphatic rings. The van der Waals surface area contributed by atoms with Crippen molar-refractivity contribution in [2.24, 2.45) is 0 Å². The number of carbonyl (C=O) groups excluding carboxylic acids is 1. The van der Waals surface area contributed by atoms with E-state index in [1.165, 1.54) is 12.1 Å². The predicted molar refractivity (Wildman–Crippen MR) is 148 cm³/mol. The summed E-state index contributed by atoms with van der Waals surface area (Å²) in [6.45, 7) is 4.65. The highest BCUT2D eigenvalue weighted by Gasteiger charge is 2.24. The van der Waals surface area contributed by atoms with Crippen molar-refractivity contribution in [1.29, 1.82) is 0 Å². The van der Waals surface area contributed by atoms with Crippen molar-refractivity contribution in [2.45, 2.75) is 19.3 Å². The molecule has 1 aromatic heterocycles. The lowest BCUT2D eigenvalue weighted by molar-refractivity contribution is 0.0747. The van der Waals surface area contributed by atoms with Crippen LogP contribution < -0.4 is 15.4 Å². The largest absolute Gasteiger partial charge is 0.368 e. The molecule has 0 saturated carbocycles. The maximum absolute atomic E-state index is 13.7. The van der Waals surface area contributed by atoms with Crippen LogP contribution in [-0.4, -0.2) is 59.6 Å². The molecule has 0 atom stereocenters. The second kappa shape index (κ2) is 10.1. The van der Waals surface area contributed by atoms with Gasteiger partial charge in [-0.05, 0) is 61.7 Å². The van der Waals surface area contributed by atoms with E-state index in [0.717, 1.165) is 44.7 Å². The maximum atomic E-state index is 13.7. The van der Waals surface area contributed by atoms with Gasteiger partial charge in [0.15, 0.2) is 0 Å². The molecular weight excluding hydrogens is 462 g/mol. The zero-order valence-corrected chi connectivity index (χ0v) is 20.9. The SMILES string of the molecule is O=C(c1ccc2c(=O)n(-c3ccccc3)c(N3CCCCC3)nc2c1)N1CCN(c2ccccc2)CC1. The first-order chi connectivity index (χ1) is 18.2. The molecular formula is C30H31N5O2. The highest BCUT2D eigenvalue weighted by atomic mass is 16.2. The Morgan fingerprint density at radius 2 is 1.32 bits per heavy atom. The Kier molecular flexibility index (Phi) is 6.35. The summed E-state index contributed by atoms with van der Waals surface area (Å²) in [4.78, 5) is 38.6. The lowest BCUT2D eigenvalue weighted by Gasteiger charge is -2.36. The van der Waals surface area contributed by atoms with Gasteiger partial charge in [-0.3, -0.25) is 9.59 Å². The fourth-order valence-corrected chi connectivity index (χ4v) is 5.41. The molecule has 3 heterocycles. The van der Waals surface area contributed by atoms with Gasteiger partial charge in [-0.25, -0.2) is 9.55 Å². The Balaban J connectivity index is 1.32. The van der Waals surface area contributed by atoms with Crippen molar-refractivity contribution >= 4 is 28.4 Å². The molecule has 0 spiro atoms. The zero-order chi connectivity index (χ0) is 25.2. The molecule has 6 rings (SSSR count). The van der Waals surface area contributed by atoms with Gasteiger partial charge >= 0.3 is 0 Å². The van der Waals surface area contributed by atoms with E-state index in [9.17, 15) is 9.59 Å². The van der Waals surface area contributed by atoms with Crippen LogP contribution in [0.2, 0.25) is 0 Å². The molecule has 0 unspecified atom stereocenters. The highest BCUT2D eigenvalue weighted by molar-refractivity contribution is 5.98. The quantitative estimate of drug-likeness (QED) is 0.423. The van der Waals surface area contributed by atoms with Gasteiger partial charge in [-0.1, -0.05) is 36.4 Å². The Bertz CT molecular complexity index is 1450. The molecule has 7 nitrogen and oxygen atoms in total. The molecule has 0 aliphatic carbocycles. The molecule has 2 saturated heterocycles. The van der Waals surface area contributed by atoms with E-state index in [1.807, 2.05) is 53.4 Å². The first kappa shape index (κ1) is 23.3. The summed E-state index contributed by atoms with van der Waals surface area (Å²) >= 11 is 0. The number of amides is 1. The monoisotopic (exact) mass is 493 g/mol. The van der Waals surface area contributed by atoms with Crippen LogP contribution in [0, 0.1) is 0 Å². The number of aromatic nitrogens is 2. The van der Waals surface area contributed by atoms with Gasteiger partial charge < -0.3 is 14.7 Å². The average Bonchev–Trinajstić information content (AvgIpc) is 2.98. The van der Waals surface area contributed by atoms with Gasteiger partial charge in [0.1, 0.15) is 0 Å². The number of nitrogens with zero attached hydrogens (tertiary/aromatic N) is 5. The minimum Gasteiger partial charge on any atom is -0.368 e. The van der Waals surface area contributed by atoms with Crippen LogP contribution in [-0.2, 0) is 0 Å². The van der Waals surface area contributed by atoms with Crippen molar-refractivity contribution in [3.63, 3.8) is 0 Å². The van der Waals surface area contributed by atoms with E-state index in [1.54, 1.807) is 22.8 Å². The van der Waals surface area contributed by atoms with Crippen LogP contribution >= 0.6 is 0 Å². The molecule has 7 heteroatoms. The van der Waals surface area contributed by atoms with Crippen LogP contribution in [0.3, 0.4) is 0 Å². The van der Waals surface area contributed by atoms with Gasteiger partial charge in [0, 0.05) is 50.5 Å². The third-order valence-electron chi connectivity index (χ3n) is 7.44. The van der Waals surface area contributed by atoms with Crippen LogP contribution in [0.1, 0.15) is 29.6 Å². The summed E-state index contributed by atoms with van der Waals surface area (Å²) in [5.74, 6) is 0.646. The van der Waals surface area contributed by atoms with Crippen LogP contribution in [0.4, 0.5) is 11.6 Å². The standard InChI is InChI=1S/C30H31N5O2/c36-28(33-20-18-32(19-21-33)24-10-4-1-5-11-24)23-14-15-26-27(22-23)31-30(34-16-8-3-9-17-34)35(29(26)37)25-12-6-2-7-13-25/h1-2,4-7,10-15,22H,3,8-9,16-21H2. The lowest BCUT2D eigenvalue weighted by Crippen LogP contribution is -2.48. The highest BCUT2D eigenvalue weighted by Crippen LogP contribution is 2.24. The molecule has 3 aromatic carbocycles. The van der Waals surface area contributed by atoms with E-state index < -0.39 is 0 Å². The van der Waals surface area contributed by atoms with Gasteiger partial charge in [-0.2, -0.15) is 0 Å². The summed E-state index contributed by atoms with van der Waals surface area (Å²) in [7, 11) is 0. The molecule has 188 valence electrons. The van der Waals surface area contributed by atoms with E-state index in [4.69, 9.17) is 4.98 Å². The predicted octanol–water partition coefficient (Wildman–Crippen LogP) is 4.34. The number of piperazine rings is 1. The molecule has 2 fully saturated rings. The van der Waals surface area contributed by atoms with Gasteiger partial charge in [0.05, 0.1) is 16.6 Å². The number of para-hydroxylation sites is 2. The number of hydrogen-bond acceptors (Lipinski definition) is 5. The first-order valence-electron chi connectivity index (χ1n) is 13.2. The fourth-order valence-electron chi connectivity index (χ4n) is 5.41. The molecule has 0 N–H and O–H groups in total. The molecule has 0 radical (unpaired) electrons. The van der Waals surface area contributed by atoms with Gasteiger partial charge in [0.2, 0.25) is 5.95 Å². The van der Waals surface area contributed by atoms with E-state index in [2.05, 4.69) is 21.9 Å². The van der Waals surface area contributed by atoms with Crippen molar-refractivity contribution in [3.05, 3.63) is 94.8 Å². The van der Waals surface area contributed by atoms with Crippen molar-refractivity contribution in [2.75, 3.05) is 49.1 Å². The van der Waals surface area contributed by atoms with Crippen LogP contribution in [0.5, 0.6) is 0 Å². The number of rotatable bonds is 4. The molecule has 0 bridgehead atoms. The molecule has 2 aliphatic heterocycles. The summed E-state index contributed by atoms with van der Waals surface area (Å²) < 4.78 is 1.72. The normalized spacial score (nSPS) is 16.3. The van der Waals surface area contributed by atoms with Crippen LogP contribution in [0.15, 0.2) is 83.7 Å². The fraction of sp³-hybridized carbons (Fsp3) is 0.300. The topological polar surface area (TPSA) is 61.7 Å². The second-order valence-electron chi connectivity index (χ2n) is 9.78. The first-order valence-corrected chi connectivity index (χ1v) is 13.2. The third-order valence-corrected chi connectivity index (χ3v) is 7.44. The van der Waals surface area contributed by atoms with Crippen LogP contribution in [0.25, 0.3) is 16.6 Å². The molecule has 37 heavy (non-hydrogen) atoms. The smallest absolute Gasteiger partial charge is 0.267 e. The van der Waals surface area contributed by atoms with Crippen molar-refractivity contribution in [3.8, 4) is 5.69 Å². The minimum atomic E-state index is -0.104. The number of anilines is 2. The van der Waals surface area contributed by atoms with E-state index >= 15 is 0 Å². The number of hydrogen-bond donors (Lipinski definition) is 0. The lowest BCUT2D eigenvalue weighted by atomic mass is 10.1. The number of piperidine rings is 1. The summed E-state index contributed by atoms with van der Waals surface area (Å²) in [6, 6.07) is 25.3. The Morgan fingerprint density at radius 1 is 0.676 bits per heavy atom. The minimum absolute atomic E-state index is 0.0110. The maximum Gasteiger partial charge on any atom is 0.267 e. The van der Waals surface area contributed by atoms with Crippen molar-refractivity contribution in [1.82, 2.24) is 14.5 Å². The molecule has 4 aromatic rings. The number of carbonyl (C=O) groups is 1. The van der Waals surface area contributed by atoms with E-state index in [0.29, 0.717) is 35.5 Å². The van der Waals surface area contributed by atoms with Gasteiger partial charge in [-0.15, -0.1) is 0 Å². The zero-order valence-electron chi connectivity index (χ0n) is 20.9. The Labute approximate surface area is 216 Å². The Morgan fingerprint density at radius 3 is 2.00 bits per heavy atom. The van der Waals surface area contributed by atoms with Gasteiger partial charge in [0.25, 0.3) is 11.5 Å². The number of fused-ring (bicyclic) bond motifs is 1. The van der Waals surface area contributed by atoms with E-state index in [-0.39, 0.29) is 11.5 Å². The molecule has 1 amide bonds. The summed E-state index contributed by atoms with van der Waals surface area (Å²) in [5.41, 5.74) is 3.04. The average molecular weight is 494 g/mol. The summed E-state index contributed by atoms with van der Waals surface area (Å²) in [5, 5.41) is 0.523.